The lowest BCUT2D eigenvalue weighted by Crippen LogP contribution is -2.38. The third-order valence-electron chi connectivity index (χ3n) is 4.48. The summed E-state index contributed by atoms with van der Waals surface area (Å²) in [5, 5.41) is 0.957. The van der Waals surface area contributed by atoms with Gasteiger partial charge in [0.2, 0.25) is 10.0 Å². The van der Waals surface area contributed by atoms with Crippen molar-refractivity contribution < 1.29 is 8.42 Å². The van der Waals surface area contributed by atoms with Crippen LogP contribution in [0.15, 0.2) is 54.3 Å². The zero-order valence-electron chi connectivity index (χ0n) is 13.2. The molecule has 2 aromatic rings. The van der Waals surface area contributed by atoms with Gasteiger partial charge in [-0.2, -0.15) is 0 Å². The second-order valence-corrected chi connectivity index (χ2v) is 8.40. The average Bonchev–Trinajstić information content (AvgIpc) is 2.93. The van der Waals surface area contributed by atoms with Crippen molar-refractivity contribution in [1.29, 1.82) is 0 Å². The van der Waals surface area contributed by atoms with E-state index in [9.17, 15) is 8.42 Å². The minimum Gasteiger partial charge on any atom is -0.244 e. The summed E-state index contributed by atoms with van der Waals surface area (Å²) in [6.07, 6.45) is 8.92. The average molecular weight is 315 g/mol. The minimum atomic E-state index is -3.52. The van der Waals surface area contributed by atoms with Crippen molar-refractivity contribution in [3.05, 3.63) is 59.8 Å². The molecule has 0 saturated carbocycles. The quantitative estimate of drug-likeness (QED) is 0.852. The van der Waals surface area contributed by atoms with Crippen LogP contribution in [0.25, 0.3) is 10.9 Å². The molecule has 1 atom stereocenters. The summed E-state index contributed by atoms with van der Waals surface area (Å²) in [6.45, 7) is 5.81. The van der Waals surface area contributed by atoms with Gasteiger partial charge in [0.15, 0.2) is 0 Å². The first-order valence-electron chi connectivity index (χ1n) is 7.59. The van der Waals surface area contributed by atoms with Gasteiger partial charge in [-0.3, -0.25) is 0 Å². The SMILES string of the molecule is CCC1=CC(C)(S(=O)(=O)n2ccc3cccc(C)c32)CC=C1. The summed E-state index contributed by atoms with van der Waals surface area (Å²) in [6, 6.07) is 7.72. The van der Waals surface area contributed by atoms with Gasteiger partial charge in [0, 0.05) is 11.6 Å². The van der Waals surface area contributed by atoms with Gasteiger partial charge in [-0.25, -0.2) is 12.4 Å². The summed E-state index contributed by atoms with van der Waals surface area (Å²) >= 11 is 0. The topological polar surface area (TPSA) is 39.1 Å². The second-order valence-electron chi connectivity index (χ2n) is 6.12. The fourth-order valence-corrected chi connectivity index (χ4v) is 4.88. The van der Waals surface area contributed by atoms with E-state index in [1.54, 1.807) is 6.20 Å². The van der Waals surface area contributed by atoms with Gasteiger partial charge in [-0.05, 0) is 38.3 Å². The number of benzene rings is 1. The van der Waals surface area contributed by atoms with E-state index in [0.29, 0.717) is 6.42 Å². The van der Waals surface area contributed by atoms with Crippen LogP contribution in [0, 0.1) is 6.92 Å². The van der Waals surface area contributed by atoms with E-state index in [4.69, 9.17) is 0 Å². The van der Waals surface area contributed by atoms with Gasteiger partial charge in [0.05, 0.1) is 5.52 Å². The molecule has 1 aromatic carbocycles. The lowest BCUT2D eigenvalue weighted by molar-refractivity contribution is 0.553. The van der Waals surface area contributed by atoms with Gasteiger partial charge in [0.1, 0.15) is 4.75 Å². The Labute approximate surface area is 132 Å². The van der Waals surface area contributed by atoms with Crippen LogP contribution in [0.3, 0.4) is 0 Å². The Hall–Kier alpha value is -1.81. The van der Waals surface area contributed by atoms with Crippen LogP contribution in [0.4, 0.5) is 0 Å². The fraction of sp³-hybridized carbons (Fsp3) is 0.333. The number of para-hydroxylation sites is 1. The molecule has 0 saturated heterocycles. The zero-order valence-corrected chi connectivity index (χ0v) is 14.0. The van der Waals surface area contributed by atoms with E-state index in [1.165, 1.54) is 3.97 Å². The van der Waals surface area contributed by atoms with E-state index < -0.39 is 14.8 Å². The van der Waals surface area contributed by atoms with Crippen LogP contribution in [0.5, 0.6) is 0 Å². The third-order valence-corrected chi connectivity index (χ3v) is 6.77. The number of rotatable bonds is 3. The van der Waals surface area contributed by atoms with E-state index >= 15 is 0 Å². The van der Waals surface area contributed by atoms with Crippen LogP contribution in [-0.2, 0) is 10.0 Å². The molecule has 22 heavy (non-hydrogen) atoms. The number of aryl methyl sites for hydroxylation is 1. The van der Waals surface area contributed by atoms with Crippen molar-refractivity contribution >= 4 is 20.9 Å². The maximum absolute atomic E-state index is 13.3. The number of hydrogen-bond acceptors (Lipinski definition) is 2. The molecule has 1 heterocycles. The molecule has 1 aliphatic carbocycles. The Morgan fingerprint density at radius 2 is 2.05 bits per heavy atom. The first-order chi connectivity index (χ1) is 10.4. The molecule has 0 fully saturated rings. The Bertz CT molecular complexity index is 887. The molecule has 3 rings (SSSR count). The largest absolute Gasteiger partial charge is 0.248 e. The van der Waals surface area contributed by atoms with Crippen LogP contribution >= 0.6 is 0 Å². The normalized spacial score (nSPS) is 22.0. The monoisotopic (exact) mass is 315 g/mol. The van der Waals surface area contributed by atoms with Crippen molar-refractivity contribution in [2.24, 2.45) is 0 Å². The van der Waals surface area contributed by atoms with Crippen molar-refractivity contribution in [2.75, 3.05) is 0 Å². The predicted octanol–water partition coefficient (Wildman–Crippen LogP) is 4.18. The van der Waals surface area contributed by atoms with Gasteiger partial charge in [-0.1, -0.05) is 48.9 Å². The summed E-state index contributed by atoms with van der Waals surface area (Å²) in [5.74, 6) is 0. The predicted molar refractivity (Wildman–Crippen MR) is 91.5 cm³/mol. The Morgan fingerprint density at radius 1 is 1.27 bits per heavy atom. The molecule has 116 valence electrons. The highest BCUT2D eigenvalue weighted by atomic mass is 32.2. The Kier molecular flexibility index (Phi) is 3.52. The minimum absolute atomic E-state index is 0.504. The lowest BCUT2D eigenvalue weighted by Gasteiger charge is -2.29. The molecule has 0 spiro atoms. The maximum atomic E-state index is 13.3. The molecule has 1 aliphatic rings. The number of fused-ring (bicyclic) bond motifs is 1. The summed E-state index contributed by atoms with van der Waals surface area (Å²) in [5.41, 5.74) is 2.83. The zero-order chi connectivity index (χ0) is 16.0. The van der Waals surface area contributed by atoms with Crippen LogP contribution < -0.4 is 0 Å². The van der Waals surface area contributed by atoms with Gasteiger partial charge < -0.3 is 0 Å². The first-order valence-corrected chi connectivity index (χ1v) is 9.03. The first kappa shape index (κ1) is 15.1. The third kappa shape index (κ3) is 2.13. The molecule has 0 N–H and O–H groups in total. The lowest BCUT2D eigenvalue weighted by atomic mass is 9.96. The molecule has 0 radical (unpaired) electrons. The molecule has 4 heteroatoms. The summed E-state index contributed by atoms with van der Waals surface area (Å²) in [4.78, 5) is 0. The standard InChI is InChI=1S/C18H21NO2S/c1-4-15-8-6-11-18(3,13-15)22(20,21)19-12-10-16-9-5-7-14(2)17(16)19/h5-10,12-13H,4,11H2,1-3H3. The number of allylic oxidation sites excluding steroid dienone is 3. The van der Waals surface area contributed by atoms with Crippen molar-refractivity contribution in [3.8, 4) is 0 Å². The molecule has 0 aliphatic heterocycles. The van der Waals surface area contributed by atoms with Crippen molar-refractivity contribution in [3.63, 3.8) is 0 Å². The van der Waals surface area contributed by atoms with E-state index in [2.05, 4.69) is 0 Å². The van der Waals surface area contributed by atoms with Crippen molar-refractivity contribution in [2.45, 2.75) is 38.4 Å². The molecular weight excluding hydrogens is 294 g/mol. The van der Waals surface area contributed by atoms with Crippen molar-refractivity contribution in [1.82, 2.24) is 3.97 Å². The maximum Gasteiger partial charge on any atom is 0.248 e. The molecule has 1 aromatic heterocycles. The molecule has 1 unspecified atom stereocenters. The second kappa shape index (κ2) is 5.13. The number of nitrogens with zero attached hydrogens (tertiary/aromatic N) is 1. The number of aromatic nitrogens is 1. The van der Waals surface area contributed by atoms with E-state index in [0.717, 1.165) is 28.5 Å². The van der Waals surface area contributed by atoms with E-state index in [-0.39, 0.29) is 0 Å². The van der Waals surface area contributed by atoms with Crippen LogP contribution in [0.1, 0.15) is 32.3 Å². The highest BCUT2D eigenvalue weighted by molar-refractivity contribution is 7.91. The smallest absolute Gasteiger partial charge is 0.244 e. The highest BCUT2D eigenvalue weighted by Crippen LogP contribution is 2.34. The molecule has 3 nitrogen and oxygen atoms in total. The molecule has 0 amide bonds. The van der Waals surface area contributed by atoms with Gasteiger partial charge in [0.25, 0.3) is 0 Å². The Morgan fingerprint density at radius 3 is 2.77 bits per heavy atom. The van der Waals surface area contributed by atoms with E-state index in [1.807, 2.05) is 63.3 Å². The number of hydrogen-bond donors (Lipinski definition) is 0. The fourth-order valence-electron chi connectivity index (χ4n) is 3.11. The summed E-state index contributed by atoms with van der Waals surface area (Å²) in [7, 11) is -3.52. The Balaban J connectivity index is 2.21. The van der Waals surface area contributed by atoms with Gasteiger partial charge in [-0.15, -0.1) is 0 Å². The van der Waals surface area contributed by atoms with Crippen LogP contribution in [0.2, 0.25) is 0 Å². The van der Waals surface area contributed by atoms with Gasteiger partial charge >= 0.3 is 0 Å². The summed E-state index contributed by atoms with van der Waals surface area (Å²) < 4.78 is 27.1. The van der Waals surface area contributed by atoms with Crippen LogP contribution in [-0.4, -0.2) is 17.1 Å². The highest BCUT2D eigenvalue weighted by Gasteiger charge is 2.39. The molecular formula is C18H21NO2S. The molecule has 0 bridgehead atoms.